The number of ether oxygens (including phenoxy) is 1. The van der Waals surface area contributed by atoms with Gasteiger partial charge in [-0.3, -0.25) is 4.72 Å². The van der Waals surface area contributed by atoms with Crippen molar-refractivity contribution in [2.24, 2.45) is 0 Å². The van der Waals surface area contributed by atoms with Crippen molar-refractivity contribution >= 4 is 15.7 Å². The van der Waals surface area contributed by atoms with E-state index in [0.717, 1.165) is 16.7 Å². The van der Waals surface area contributed by atoms with Crippen LogP contribution in [0.2, 0.25) is 0 Å². The van der Waals surface area contributed by atoms with Crippen LogP contribution in [0.1, 0.15) is 22.6 Å². The minimum atomic E-state index is -3.86. The number of nitrogens with one attached hydrogen (secondary N) is 1. The van der Waals surface area contributed by atoms with E-state index in [4.69, 9.17) is 9.26 Å². The van der Waals surface area contributed by atoms with Crippen LogP contribution in [0, 0.1) is 27.7 Å². The van der Waals surface area contributed by atoms with E-state index in [1.54, 1.807) is 31.2 Å². The molecule has 27 heavy (non-hydrogen) atoms. The summed E-state index contributed by atoms with van der Waals surface area (Å²) < 4.78 is 39.4. The summed E-state index contributed by atoms with van der Waals surface area (Å²) in [7, 11) is -2.41. The topological polar surface area (TPSA) is 81.4 Å². The number of anilines is 1. The number of hydrogen-bond donors (Lipinski definition) is 1. The molecule has 0 aliphatic carbocycles. The molecule has 0 aliphatic heterocycles. The van der Waals surface area contributed by atoms with Crippen molar-refractivity contribution in [2.75, 3.05) is 11.8 Å². The Morgan fingerprint density at radius 3 is 2.41 bits per heavy atom. The number of nitrogens with zero attached hydrogens (tertiary/aromatic N) is 1. The van der Waals surface area contributed by atoms with E-state index in [-0.39, 0.29) is 10.6 Å². The fraction of sp³-hybridized carbons (Fsp3) is 0.250. The molecule has 6 nitrogen and oxygen atoms in total. The van der Waals surface area contributed by atoms with Crippen molar-refractivity contribution in [1.29, 1.82) is 0 Å². The number of sulfonamides is 1. The standard InChI is InChI=1S/C20H22N2O4S/c1-12-6-7-13(2)17(10-12)22-27(23,24)19-11-16(8-9-18(19)25-5)20-14(3)21-26-15(20)4/h6-11,22H,1-5H3. The number of rotatable bonds is 5. The first kappa shape index (κ1) is 19.0. The van der Waals surface area contributed by atoms with Crippen LogP contribution in [-0.4, -0.2) is 20.7 Å². The third-order valence-corrected chi connectivity index (χ3v) is 5.80. The normalized spacial score (nSPS) is 11.4. The van der Waals surface area contributed by atoms with Crippen molar-refractivity contribution in [1.82, 2.24) is 5.16 Å². The zero-order chi connectivity index (χ0) is 19.8. The monoisotopic (exact) mass is 386 g/mol. The first-order valence-corrected chi connectivity index (χ1v) is 9.92. The van der Waals surface area contributed by atoms with Crippen molar-refractivity contribution in [3.63, 3.8) is 0 Å². The van der Waals surface area contributed by atoms with Crippen molar-refractivity contribution in [2.45, 2.75) is 32.6 Å². The first-order valence-electron chi connectivity index (χ1n) is 8.44. The van der Waals surface area contributed by atoms with E-state index in [2.05, 4.69) is 9.88 Å². The van der Waals surface area contributed by atoms with Gasteiger partial charge in [-0.15, -0.1) is 0 Å². The third-order valence-electron chi connectivity index (χ3n) is 4.41. The van der Waals surface area contributed by atoms with E-state index in [1.807, 2.05) is 32.9 Å². The average Bonchev–Trinajstić information content (AvgIpc) is 2.96. The summed E-state index contributed by atoms with van der Waals surface area (Å²) in [5, 5.41) is 3.94. The van der Waals surface area contributed by atoms with E-state index >= 15 is 0 Å². The van der Waals surface area contributed by atoms with Gasteiger partial charge in [-0.2, -0.15) is 0 Å². The maximum atomic E-state index is 13.1. The zero-order valence-electron chi connectivity index (χ0n) is 16.0. The van der Waals surface area contributed by atoms with Crippen LogP contribution >= 0.6 is 0 Å². The van der Waals surface area contributed by atoms with Gasteiger partial charge in [0.05, 0.1) is 18.5 Å². The number of hydrogen-bond acceptors (Lipinski definition) is 5. The second kappa shape index (κ2) is 7.08. The molecule has 1 aromatic heterocycles. The van der Waals surface area contributed by atoms with Crippen LogP contribution in [0.15, 0.2) is 45.8 Å². The molecule has 3 rings (SSSR count). The average molecular weight is 386 g/mol. The predicted octanol–water partition coefficient (Wildman–Crippen LogP) is 4.38. The molecule has 0 fully saturated rings. The second-order valence-corrected chi connectivity index (χ2v) is 8.14. The molecule has 2 aromatic carbocycles. The molecule has 142 valence electrons. The third kappa shape index (κ3) is 3.68. The maximum Gasteiger partial charge on any atom is 0.265 e. The van der Waals surface area contributed by atoms with Gasteiger partial charge in [-0.25, -0.2) is 8.42 Å². The van der Waals surface area contributed by atoms with Gasteiger partial charge in [0.2, 0.25) is 0 Å². The van der Waals surface area contributed by atoms with Crippen LogP contribution in [0.3, 0.4) is 0 Å². The summed E-state index contributed by atoms with van der Waals surface area (Å²) in [5.41, 5.74) is 4.53. The molecule has 0 amide bonds. The fourth-order valence-electron chi connectivity index (χ4n) is 2.98. The minimum absolute atomic E-state index is 0.0587. The Morgan fingerprint density at radius 2 is 1.78 bits per heavy atom. The first-order chi connectivity index (χ1) is 12.7. The Kier molecular flexibility index (Phi) is 4.97. The number of aromatic nitrogens is 1. The van der Waals surface area contributed by atoms with Gasteiger partial charge < -0.3 is 9.26 Å². The summed E-state index contributed by atoms with van der Waals surface area (Å²) in [6, 6.07) is 10.6. The molecular weight excluding hydrogens is 364 g/mol. The molecule has 0 aliphatic rings. The van der Waals surface area contributed by atoms with Crippen LogP contribution in [0.4, 0.5) is 5.69 Å². The molecule has 0 saturated heterocycles. The van der Waals surface area contributed by atoms with Gasteiger partial charge >= 0.3 is 0 Å². The van der Waals surface area contributed by atoms with Gasteiger partial charge in [0.15, 0.2) is 0 Å². The van der Waals surface area contributed by atoms with Gasteiger partial charge in [-0.05, 0) is 62.6 Å². The Labute approximate surface area is 159 Å². The van der Waals surface area contributed by atoms with E-state index in [1.165, 1.54) is 7.11 Å². The Morgan fingerprint density at radius 1 is 1.04 bits per heavy atom. The lowest BCUT2D eigenvalue weighted by Crippen LogP contribution is -2.15. The van der Waals surface area contributed by atoms with E-state index in [0.29, 0.717) is 22.7 Å². The summed E-state index contributed by atoms with van der Waals surface area (Å²) in [5.74, 6) is 0.895. The highest BCUT2D eigenvalue weighted by Gasteiger charge is 2.23. The Bertz CT molecular complexity index is 1080. The molecule has 0 radical (unpaired) electrons. The predicted molar refractivity (Wildman–Crippen MR) is 105 cm³/mol. The lowest BCUT2D eigenvalue weighted by molar-refractivity contribution is 0.393. The molecule has 7 heteroatoms. The molecule has 0 unspecified atom stereocenters. The van der Waals surface area contributed by atoms with Crippen molar-refractivity contribution < 1.29 is 17.7 Å². The maximum absolute atomic E-state index is 13.1. The van der Waals surface area contributed by atoms with Crippen LogP contribution in [0.5, 0.6) is 5.75 Å². The van der Waals surface area contributed by atoms with Crippen LogP contribution in [-0.2, 0) is 10.0 Å². The lowest BCUT2D eigenvalue weighted by atomic mass is 10.0. The smallest absolute Gasteiger partial charge is 0.265 e. The molecule has 1 heterocycles. The van der Waals surface area contributed by atoms with Crippen molar-refractivity contribution in [3.05, 3.63) is 59.0 Å². The number of aryl methyl sites for hydroxylation is 4. The highest BCUT2D eigenvalue weighted by molar-refractivity contribution is 7.92. The Hall–Kier alpha value is -2.80. The molecule has 1 N–H and O–H groups in total. The summed E-state index contributed by atoms with van der Waals surface area (Å²) >= 11 is 0. The molecule has 3 aromatic rings. The van der Waals surface area contributed by atoms with Crippen LogP contribution in [0.25, 0.3) is 11.1 Å². The summed E-state index contributed by atoms with van der Waals surface area (Å²) in [6.45, 7) is 7.38. The van der Waals surface area contributed by atoms with E-state index < -0.39 is 10.0 Å². The molecule has 0 saturated carbocycles. The number of methoxy groups -OCH3 is 1. The van der Waals surface area contributed by atoms with Gasteiger partial charge in [0.25, 0.3) is 10.0 Å². The summed E-state index contributed by atoms with van der Waals surface area (Å²) in [4.78, 5) is 0.0587. The highest BCUT2D eigenvalue weighted by atomic mass is 32.2. The molecular formula is C20H22N2O4S. The van der Waals surface area contributed by atoms with Gasteiger partial charge in [0, 0.05) is 5.56 Å². The van der Waals surface area contributed by atoms with Crippen LogP contribution < -0.4 is 9.46 Å². The van der Waals surface area contributed by atoms with E-state index in [9.17, 15) is 8.42 Å². The lowest BCUT2D eigenvalue weighted by Gasteiger charge is -2.15. The fourth-order valence-corrected chi connectivity index (χ4v) is 4.30. The molecule has 0 bridgehead atoms. The molecule has 0 atom stereocenters. The number of benzene rings is 2. The minimum Gasteiger partial charge on any atom is -0.495 e. The SMILES string of the molecule is COc1ccc(-c2c(C)noc2C)cc1S(=O)(=O)Nc1cc(C)ccc1C. The van der Waals surface area contributed by atoms with Crippen molar-refractivity contribution in [3.8, 4) is 16.9 Å². The highest BCUT2D eigenvalue weighted by Crippen LogP contribution is 2.34. The quantitative estimate of drug-likeness (QED) is 0.703. The van der Waals surface area contributed by atoms with Gasteiger partial charge in [-0.1, -0.05) is 23.4 Å². The molecule has 0 spiro atoms. The second-order valence-electron chi connectivity index (χ2n) is 6.49. The largest absolute Gasteiger partial charge is 0.495 e. The Balaban J connectivity index is 2.11. The summed E-state index contributed by atoms with van der Waals surface area (Å²) in [6.07, 6.45) is 0. The zero-order valence-corrected chi connectivity index (χ0v) is 16.8. The van der Waals surface area contributed by atoms with Gasteiger partial charge in [0.1, 0.15) is 16.4 Å².